The average Bonchev–Trinajstić information content (AvgIpc) is 2.00. The van der Waals surface area contributed by atoms with E-state index in [-0.39, 0.29) is 11.9 Å². The summed E-state index contributed by atoms with van der Waals surface area (Å²) in [5.74, 6) is -0.0997. The largest absolute Gasteiger partial charge is 0.353 e. The number of nitrogens with two attached hydrogens (primary N) is 2. The highest BCUT2D eigenvalue weighted by atomic mass is 16.2. The number of rotatable bonds is 5. The van der Waals surface area contributed by atoms with Gasteiger partial charge in [0.2, 0.25) is 5.91 Å². The molecule has 4 heteroatoms. The van der Waals surface area contributed by atoms with Crippen LogP contribution in [0.5, 0.6) is 0 Å². The number of amides is 1. The maximum atomic E-state index is 11.0. The van der Waals surface area contributed by atoms with E-state index in [1.807, 2.05) is 6.92 Å². The summed E-state index contributed by atoms with van der Waals surface area (Å²) in [6.45, 7) is 2.97. The van der Waals surface area contributed by atoms with Gasteiger partial charge in [-0.25, -0.2) is 0 Å². The molecule has 5 N–H and O–H groups in total. The molecule has 0 aromatic heterocycles. The molecule has 0 aliphatic carbocycles. The van der Waals surface area contributed by atoms with Crippen molar-refractivity contribution in [1.82, 2.24) is 5.32 Å². The van der Waals surface area contributed by atoms with Gasteiger partial charge in [0.05, 0.1) is 6.04 Å². The third kappa shape index (κ3) is 4.75. The van der Waals surface area contributed by atoms with E-state index in [9.17, 15) is 4.79 Å². The second-order valence-electron chi connectivity index (χ2n) is 2.47. The van der Waals surface area contributed by atoms with Crippen molar-refractivity contribution in [2.45, 2.75) is 25.8 Å². The highest BCUT2D eigenvalue weighted by molar-refractivity contribution is 5.81. The standard InChI is InChI=1S/C7H17N3O/c1-2-3-6(9)7(11)10-5-4-8/h6H,2-5,8-9H2,1H3,(H,10,11). The Morgan fingerprint density at radius 1 is 1.64 bits per heavy atom. The fourth-order valence-corrected chi connectivity index (χ4v) is 0.769. The van der Waals surface area contributed by atoms with Gasteiger partial charge in [0.1, 0.15) is 0 Å². The molecule has 1 unspecified atom stereocenters. The highest BCUT2D eigenvalue weighted by Crippen LogP contribution is 1.91. The summed E-state index contributed by atoms with van der Waals surface area (Å²) < 4.78 is 0. The zero-order valence-corrected chi connectivity index (χ0v) is 6.97. The Labute approximate surface area is 67.3 Å². The lowest BCUT2D eigenvalue weighted by Gasteiger charge is -2.09. The summed E-state index contributed by atoms with van der Waals surface area (Å²) in [6.07, 6.45) is 1.66. The molecule has 1 atom stereocenters. The van der Waals surface area contributed by atoms with Crippen molar-refractivity contribution in [2.24, 2.45) is 11.5 Å². The van der Waals surface area contributed by atoms with Gasteiger partial charge in [-0.15, -0.1) is 0 Å². The Kier molecular flexibility index (Phi) is 5.78. The summed E-state index contributed by atoms with van der Waals surface area (Å²) in [4.78, 5) is 11.0. The van der Waals surface area contributed by atoms with Crippen LogP contribution in [0.3, 0.4) is 0 Å². The minimum atomic E-state index is -0.369. The molecule has 0 rings (SSSR count). The monoisotopic (exact) mass is 159 g/mol. The smallest absolute Gasteiger partial charge is 0.236 e. The first kappa shape index (κ1) is 10.4. The van der Waals surface area contributed by atoms with Crippen LogP contribution < -0.4 is 16.8 Å². The quantitative estimate of drug-likeness (QED) is 0.490. The lowest BCUT2D eigenvalue weighted by molar-refractivity contribution is -0.122. The first-order valence-corrected chi connectivity index (χ1v) is 3.95. The van der Waals surface area contributed by atoms with Crippen LogP contribution >= 0.6 is 0 Å². The first-order chi connectivity index (χ1) is 5.22. The topological polar surface area (TPSA) is 81.1 Å². The summed E-state index contributed by atoms with van der Waals surface area (Å²) >= 11 is 0. The minimum absolute atomic E-state index is 0.0997. The lowest BCUT2D eigenvalue weighted by atomic mass is 10.2. The molecule has 4 nitrogen and oxygen atoms in total. The van der Waals surface area contributed by atoms with Gasteiger partial charge >= 0.3 is 0 Å². The lowest BCUT2D eigenvalue weighted by Crippen LogP contribution is -2.42. The van der Waals surface area contributed by atoms with Gasteiger partial charge in [0.25, 0.3) is 0 Å². The summed E-state index contributed by atoms with van der Waals surface area (Å²) in [5.41, 5.74) is 10.7. The molecule has 0 aliphatic rings. The number of hydrogen-bond donors (Lipinski definition) is 3. The number of hydrogen-bond acceptors (Lipinski definition) is 3. The van der Waals surface area contributed by atoms with Gasteiger partial charge in [0, 0.05) is 13.1 Å². The van der Waals surface area contributed by atoms with Gasteiger partial charge in [-0.05, 0) is 6.42 Å². The third-order valence-electron chi connectivity index (χ3n) is 1.38. The van der Waals surface area contributed by atoms with E-state index in [0.717, 1.165) is 12.8 Å². The van der Waals surface area contributed by atoms with E-state index >= 15 is 0 Å². The molecule has 0 aromatic rings. The third-order valence-corrected chi connectivity index (χ3v) is 1.38. The zero-order valence-electron chi connectivity index (χ0n) is 6.97. The molecule has 0 aromatic carbocycles. The maximum absolute atomic E-state index is 11.0. The molecule has 0 fully saturated rings. The van der Waals surface area contributed by atoms with Crippen molar-refractivity contribution in [3.05, 3.63) is 0 Å². The number of carbonyl (C=O) groups excluding carboxylic acids is 1. The first-order valence-electron chi connectivity index (χ1n) is 3.95. The molecule has 11 heavy (non-hydrogen) atoms. The number of nitrogens with one attached hydrogen (secondary N) is 1. The fraction of sp³-hybridized carbons (Fsp3) is 0.857. The fourth-order valence-electron chi connectivity index (χ4n) is 0.769. The molecule has 0 bridgehead atoms. The Bertz CT molecular complexity index is 116. The van der Waals surface area contributed by atoms with Crippen molar-refractivity contribution >= 4 is 5.91 Å². The minimum Gasteiger partial charge on any atom is -0.353 e. The number of carbonyl (C=O) groups is 1. The summed E-state index contributed by atoms with van der Waals surface area (Å²) in [5, 5.41) is 2.63. The van der Waals surface area contributed by atoms with E-state index in [2.05, 4.69) is 5.32 Å². The molecule has 1 amide bonds. The molecule has 0 heterocycles. The molecule has 0 spiro atoms. The van der Waals surface area contributed by atoms with E-state index in [0.29, 0.717) is 13.1 Å². The van der Waals surface area contributed by atoms with Gasteiger partial charge in [-0.2, -0.15) is 0 Å². The second kappa shape index (κ2) is 6.12. The predicted molar refractivity (Wildman–Crippen MR) is 44.9 cm³/mol. The molecule has 0 saturated carbocycles. The molecular weight excluding hydrogens is 142 g/mol. The van der Waals surface area contributed by atoms with E-state index in [1.165, 1.54) is 0 Å². The van der Waals surface area contributed by atoms with Crippen molar-refractivity contribution in [3.8, 4) is 0 Å². The maximum Gasteiger partial charge on any atom is 0.236 e. The normalized spacial score (nSPS) is 12.6. The van der Waals surface area contributed by atoms with Crippen LogP contribution in [-0.4, -0.2) is 25.0 Å². The van der Waals surface area contributed by atoms with Crippen LogP contribution in [0.25, 0.3) is 0 Å². The van der Waals surface area contributed by atoms with Crippen molar-refractivity contribution < 1.29 is 4.79 Å². The van der Waals surface area contributed by atoms with Crippen LogP contribution in [0, 0.1) is 0 Å². The molecule has 0 aliphatic heterocycles. The van der Waals surface area contributed by atoms with Gasteiger partial charge in [0.15, 0.2) is 0 Å². The highest BCUT2D eigenvalue weighted by Gasteiger charge is 2.09. The summed E-state index contributed by atoms with van der Waals surface area (Å²) in [6, 6.07) is -0.369. The van der Waals surface area contributed by atoms with Crippen LogP contribution in [0.2, 0.25) is 0 Å². The SMILES string of the molecule is CCCC(N)C(=O)NCCN. The Morgan fingerprint density at radius 3 is 2.73 bits per heavy atom. The average molecular weight is 159 g/mol. The van der Waals surface area contributed by atoms with E-state index < -0.39 is 0 Å². The van der Waals surface area contributed by atoms with Crippen molar-refractivity contribution in [3.63, 3.8) is 0 Å². The van der Waals surface area contributed by atoms with Crippen LogP contribution in [0.15, 0.2) is 0 Å². The van der Waals surface area contributed by atoms with Crippen molar-refractivity contribution in [2.75, 3.05) is 13.1 Å². The van der Waals surface area contributed by atoms with Crippen molar-refractivity contribution in [1.29, 1.82) is 0 Å². The zero-order chi connectivity index (χ0) is 8.69. The van der Waals surface area contributed by atoms with Gasteiger partial charge < -0.3 is 16.8 Å². The Morgan fingerprint density at radius 2 is 2.27 bits per heavy atom. The van der Waals surface area contributed by atoms with E-state index in [4.69, 9.17) is 11.5 Å². The van der Waals surface area contributed by atoms with E-state index in [1.54, 1.807) is 0 Å². The second-order valence-corrected chi connectivity index (χ2v) is 2.47. The van der Waals surface area contributed by atoms with Crippen LogP contribution in [-0.2, 0) is 4.79 Å². The molecule has 0 radical (unpaired) electrons. The van der Waals surface area contributed by atoms with Gasteiger partial charge in [-0.3, -0.25) is 4.79 Å². The van der Waals surface area contributed by atoms with Crippen LogP contribution in [0.1, 0.15) is 19.8 Å². The predicted octanol–water partition coefficient (Wildman–Crippen LogP) is -0.811. The molecule has 0 saturated heterocycles. The van der Waals surface area contributed by atoms with Gasteiger partial charge in [-0.1, -0.05) is 13.3 Å². The summed E-state index contributed by atoms with van der Waals surface area (Å²) in [7, 11) is 0. The van der Waals surface area contributed by atoms with Crippen LogP contribution in [0.4, 0.5) is 0 Å². The Hall–Kier alpha value is -0.610. The Balaban J connectivity index is 3.47. The molecular formula is C7H17N3O. The molecule has 66 valence electrons.